The maximum absolute atomic E-state index is 10.9. The highest BCUT2D eigenvalue weighted by Gasteiger charge is 2.16. The number of rotatable bonds is 7. The van der Waals surface area contributed by atoms with E-state index in [2.05, 4.69) is 29.8 Å². The van der Waals surface area contributed by atoms with E-state index in [9.17, 15) is 4.79 Å². The van der Waals surface area contributed by atoms with Crippen LogP contribution in [0.3, 0.4) is 0 Å². The number of ketones is 1. The van der Waals surface area contributed by atoms with Crippen LogP contribution in [0.15, 0.2) is 24.3 Å². The van der Waals surface area contributed by atoms with Crippen molar-refractivity contribution in [2.45, 2.75) is 33.6 Å². The molecule has 0 N–H and O–H groups in total. The van der Waals surface area contributed by atoms with Crippen molar-refractivity contribution in [2.24, 2.45) is 5.41 Å². The summed E-state index contributed by atoms with van der Waals surface area (Å²) in [5.41, 5.74) is 1.31. The van der Waals surface area contributed by atoms with Crippen molar-refractivity contribution in [3.05, 3.63) is 29.8 Å². The minimum Gasteiger partial charge on any atom is -0.493 e. The van der Waals surface area contributed by atoms with Crippen molar-refractivity contribution in [1.82, 2.24) is 0 Å². The lowest BCUT2D eigenvalue weighted by atomic mass is 9.98. The Hall–Kier alpha value is -0.830. The van der Waals surface area contributed by atoms with Gasteiger partial charge in [-0.2, -0.15) is 0 Å². The predicted octanol–water partition coefficient (Wildman–Crippen LogP) is 4.01. The zero-order chi connectivity index (χ0) is 13.6. The number of hydrogen-bond acceptors (Lipinski definition) is 2. The summed E-state index contributed by atoms with van der Waals surface area (Å²) in [5, 5.41) is 0.913. The molecule has 0 amide bonds. The van der Waals surface area contributed by atoms with E-state index in [1.54, 1.807) is 6.92 Å². The van der Waals surface area contributed by atoms with Gasteiger partial charge in [-0.15, -0.1) is 0 Å². The molecule has 0 unspecified atom stereocenters. The second-order valence-electron chi connectivity index (χ2n) is 5.43. The molecule has 0 saturated heterocycles. The van der Waals surface area contributed by atoms with Crippen molar-refractivity contribution in [1.29, 1.82) is 0 Å². The third-order valence-electron chi connectivity index (χ3n) is 2.68. The van der Waals surface area contributed by atoms with Crippen molar-refractivity contribution in [3.63, 3.8) is 0 Å². The number of alkyl halides is 1. The smallest absolute Gasteiger partial charge is 0.130 e. The van der Waals surface area contributed by atoms with Gasteiger partial charge in [-0.1, -0.05) is 41.9 Å². The normalized spacial score (nSPS) is 11.3. The molecular formula is C15H21BrO2. The lowest BCUT2D eigenvalue weighted by molar-refractivity contribution is -0.116. The summed E-state index contributed by atoms with van der Waals surface area (Å²) >= 11 is 3.48. The maximum Gasteiger partial charge on any atom is 0.130 e. The van der Waals surface area contributed by atoms with E-state index in [1.165, 1.54) is 5.56 Å². The maximum atomic E-state index is 10.9. The molecule has 0 heterocycles. The average molecular weight is 313 g/mol. The van der Waals surface area contributed by atoms with Gasteiger partial charge in [0, 0.05) is 17.2 Å². The lowest BCUT2D eigenvalue weighted by Gasteiger charge is -2.21. The van der Waals surface area contributed by atoms with Gasteiger partial charge in [-0.05, 0) is 31.0 Å². The van der Waals surface area contributed by atoms with E-state index in [-0.39, 0.29) is 11.2 Å². The number of carbonyl (C=O) groups excluding carboxylic acids is 1. The Morgan fingerprint density at radius 1 is 1.28 bits per heavy atom. The molecule has 1 aromatic rings. The highest BCUT2D eigenvalue weighted by Crippen LogP contribution is 2.21. The van der Waals surface area contributed by atoms with Crippen LogP contribution in [0.4, 0.5) is 0 Å². The predicted molar refractivity (Wildman–Crippen MR) is 78.5 cm³/mol. The first kappa shape index (κ1) is 15.2. The summed E-state index contributed by atoms with van der Waals surface area (Å²) < 4.78 is 5.75. The van der Waals surface area contributed by atoms with E-state index < -0.39 is 0 Å². The molecular weight excluding hydrogens is 292 g/mol. The number of halogens is 1. The van der Waals surface area contributed by atoms with Gasteiger partial charge in [-0.3, -0.25) is 0 Å². The molecule has 1 rings (SSSR count). The molecule has 3 heteroatoms. The Morgan fingerprint density at radius 2 is 1.89 bits per heavy atom. The van der Waals surface area contributed by atoms with Crippen molar-refractivity contribution in [2.75, 3.05) is 11.9 Å². The SMILES string of the molecule is CC(=O)CCc1ccc(OCC(C)(C)CBr)cc1. The molecule has 0 aliphatic heterocycles. The Kier molecular flexibility index (Phi) is 5.86. The Bertz CT molecular complexity index is 382. The van der Waals surface area contributed by atoms with Crippen LogP contribution in [0, 0.1) is 5.41 Å². The number of hydrogen-bond donors (Lipinski definition) is 0. The number of carbonyl (C=O) groups is 1. The molecule has 0 saturated carbocycles. The van der Waals surface area contributed by atoms with Crippen LogP contribution in [-0.2, 0) is 11.2 Å². The van der Waals surface area contributed by atoms with E-state index in [1.807, 2.05) is 24.3 Å². The van der Waals surface area contributed by atoms with Gasteiger partial charge >= 0.3 is 0 Å². The molecule has 0 fully saturated rings. The van der Waals surface area contributed by atoms with E-state index >= 15 is 0 Å². The number of aryl methyl sites for hydroxylation is 1. The zero-order valence-electron chi connectivity index (χ0n) is 11.3. The van der Waals surface area contributed by atoms with Crippen molar-refractivity contribution >= 4 is 21.7 Å². The van der Waals surface area contributed by atoms with Crippen LogP contribution in [0.2, 0.25) is 0 Å². The van der Waals surface area contributed by atoms with Crippen molar-refractivity contribution < 1.29 is 9.53 Å². The molecule has 0 atom stereocenters. The zero-order valence-corrected chi connectivity index (χ0v) is 12.9. The summed E-state index contributed by atoms with van der Waals surface area (Å²) in [6.45, 7) is 6.62. The van der Waals surface area contributed by atoms with Crippen LogP contribution >= 0.6 is 15.9 Å². The van der Waals surface area contributed by atoms with Crippen LogP contribution in [-0.4, -0.2) is 17.7 Å². The Balaban J connectivity index is 2.47. The monoisotopic (exact) mass is 312 g/mol. The molecule has 0 aliphatic carbocycles. The second-order valence-corrected chi connectivity index (χ2v) is 5.99. The fraction of sp³-hybridized carbons (Fsp3) is 0.533. The quantitative estimate of drug-likeness (QED) is 0.711. The molecule has 100 valence electrons. The first-order chi connectivity index (χ1) is 8.43. The van der Waals surface area contributed by atoms with Crippen molar-refractivity contribution in [3.8, 4) is 5.75 Å². The molecule has 1 aromatic carbocycles. The Labute approximate surface area is 118 Å². The minimum absolute atomic E-state index is 0.132. The summed E-state index contributed by atoms with van der Waals surface area (Å²) in [6.07, 6.45) is 1.42. The Morgan fingerprint density at radius 3 is 2.39 bits per heavy atom. The third-order valence-corrected chi connectivity index (χ3v) is 4.20. The van der Waals surface area contributed by atoms with Crippen LogP contribution < -0.4 is 4.74 Å². The molecule has 18 heavy (non-hydrogen) atoms. The first-order valence-corrected chi connectivity index (χ1v) is 7.32. The molecule has 0 bridgehead atoms. The van der Waals surface area contributed by atoms with Gasteiger partial charge in [-0.25, -0.2) is 0 Å². The molecule has 0 aromatic heterocycles. The largest absolute Gasteiger partial charge is 0.493 e. The van der Waals surface area contributed by atoms with Crippen LogP contribution in [0.5, 0.6) is 5.75 Å². The molecule has 0 aliphatic rings. The lowest BCUT2D eigenvalue weighted by Crippen LogP contribution is -2.22. The third kappa shape index (κ3) is 5.67. The van der Waals surface area contributed by atoms with Crippen LogP contribution in [0.1, 0.15) is 32.8 Å². The van der Waals surface area contributed by atoms with E-state index in [0.29, 0.717) is 13.0 Å². The number of Topliss-reactive ketones (excluding diaryl/α,β-unsaturated/α-hetero) is 1. The van der Waals surface area contributed by atoms with Gasteiger partial charge < -0.3 is 9.53 Å². The molecule has 2 nitrogen and oxygen atoms in total. The fourth-order valence-corrected chi connectivity index (χ4v) is 1.55. The average Bonchev–Trinajstić information content (AvgIpc) is 2.35. The van der Waals surface area contributed by atoms with Gasteiger partial charge in [0.15, 0.2) is 0 Å². The highest BCUT2D eigenvalue weighted by molar-refractivity contribution is 9.09. The van der Waals surface area contributed by atoms with E-state index in [0.717, 1.165) is 17.5 Å². The van der Waals surface area contributed by atoms with Gasteiger partial charge in [0.2, 0.25) is 0 Å². The summed E-state index contributed by atoms with van der Waals surface area (Å²) in [6, 6.07) is 8.00. The molecule has 0 spiro atoms. The first-order valence-electron chi connectivity index (χ1n) is 6.20. The minimum atomic E-state index is 0.132. The number of benzene rings is 1. The summed E-state index contributed by atoms with van der Waals surface area (Å²) in [7, 11) is 0. The topological polar surface area (TPSA) is 26.3 Å². The fourth-order valence-electron chi connectivity index (χ4n) is 1.39. The van der Waals surface area contributed by atoms with Gasteiger partial charge in [0.1, 0.15) is 11.5 Å². The van der Waals surface area contributed by atoms with Gasteiger partial charge in [0.05, 0.1) is 6.61 Å². The number of ether oxygens (including phenoxy) is 1. The van der Waals surface area contributed by atoms with E-state index in [4.69, 9.17) is 4.74 Å². The standard InChI is InChI=1S/C15H21BrO2/c1-12(17)4-5-13-6-8-14(9-7-13)18-11-15(2,3)10-16/h6-9H,4-5,10-11H2,1-3H3. The van der Waals surface area contributed by atoms with Crippen LogP contribution in [0.25, 0.3) is 0 Å². The molecule has 0 radical (unpaired) electrons. The summed E-state index contributed by atoms with van der Waals surface area (Å²) in [4.78, 5) is 10.9. The second kappa shape index (κ2) is 6.93. The summed E-state index contributed by atoms with van der Waals surface area (Å²) in [5.74, 6) is 1.12. The highest BCUT2D eigenvalue weighted by atomic mass is 79.9. The van der Waals surface area contributed by atoms with Gasteiger partial charge in [0.25, 0.3) is 0 Å².